The second-order valence-corrected chi connectivity index (χ2v) is 5.51. The standard InChI is InChI=1S/C16H23NO2/c1-12(2)14-7-5-13(6-8-14)10-16(18)17-11-15-4-3-9-19-15/h5-8,12,15H,3-4,9-11H2,1-2H3,(H,17,18). The number of rotatable bonds is 5. The maximum atomic E-state index is 11.8. The summed E-state index contributed by atoms with van der Waals surface area (Å²) in [6.45, 7) is 5.81. The van der Waals surface area contributed by atoms with E-state index in [1.54, 1.807) is 0 Å². The van der Waals surface area contributed by atoms with Gasteiger partial charge in [-0.15, -0.1) is 0 Å². The van der Waals surface area contributed by atoms with Crippen LogP contribution in [0.4, 0.5) is 0 Å². The number of ether oxygens (including phenoxy) is 1. The molecule has 19 heavy (non-hydrogen) atoms. The predicted octanol–water partition coefficient (Wildman–Crippen LogP) is 2.65. The molecule has 1 N–H and O–H groups in total. The van der Waals surface area contributed by atoms with Crippen molar-refractivity contribution in [2.45, 2.75) is 45.1 Å². The van der Waals surface area contributed by atoms with Gasteiger partial charge in [0.1, 0.15) is 0 Å². The van der Waals surface area contributed by atoms with Crippen molar-refractivity contribution in [2.75, 3.05) is 13.2 Å². The summed E-state index contributed by atoms with van der Waals surface area (Å²) >= 11 is 0. The summed E-state index contributed by atoms with van der Waals surface area (Å²) in [5.41, 5.74) is 2.37. The van der Waals surface area contributed by atoms with Gasteiger partial charge in [0.2, 0.25) is 5.91 Å². The minimum absolute atomic E-state index is 0.0767. The lowest BCUT2D eigenvalue weighted by molar-refractivity contribution is -0.120. The molecule has 0 saturated carbocycles. The fraction of sp³-hybridized carbons (Fsp3) is 0.562. The van der Waals surface area contributed by atoms with Crippen molar-refractivity contribution in [2.24, 2.45) is 0 Å². The van der Waals surface area contributed by atoms with Crippen LogP contribution < -0.4 is 5.32 Å². The van der Waals surface area contributed by atoms with Crippen molar-refractivity contribution in [3.63, 3.8) is 0 Å². The van der Waals surface area contributed by atoms with Gasteiger partial charge in [-0.1, -0.05) is 38.1 Å². The van der Waals surface area contributed by atoms with Crippen LogP contribution in [0.25, 0.3) is 0 Å². The molecule has 0 bridgehead atoms. The minimum atomic E-state index is 0.0767. The first-order valence-electron chi connectivity index (χ1n) is 7.12. The largest absolute Gasteiger partial charge is 0.376 e. The van der Waals surface area contributed by atoms with Crippen molar-refractivity contribution >= 4 is 5.91 Å². The van der Waals surface area contributed by atoms with Crippen LogP contribution in [-0.4, -0.2) is 25.2 Å². The maximum Gasteiger partial charge on any atom is 0.224 e. The van der Waals surface area contributed by atoms with E-state index in [0.717, 1.165) is 25.0 Å². The summed E-state index contributed by atoms with van der Waals surface area (Å²) in [5.74, 6) is 0.607. The number of hydrogen-bond acceptors (Lipinski definition) is 2. The second kappa shape index (κ2) is 6.71. The van der Waals surface area contributed by atoms with Crippen molar-refractivity contribution in [1.82, 2.24) is 5.32 Å². The molecule has 1 heterocycles. The molecule has 3 heteroatoms. The lowest BCUT2D eigenvalue weighted by Gasteiger charge is -2.11. The van der Waals surface area contributed by atoms with Crippen LogP contribution in [-0.2, 0) is 16.0 Å². The van der Waals surface area contributed by atoms with Crippen LogP contribution in [0.15, 0.2) is 24.3 Å². The van der Waals surface area contributed by atoms with E-state index < -0.39 is 0 Å². The van der Waals surface area contributed by atoms with Crippen molar-refractivity contribution in [3.05, 3.63) is 35.4 Å². The van der Waals surface area contributed by atoms with E-state index in [4.69, 9.17) is 4.74 Å². The Morgan fingerprint density at radius 3 is 2.68 bits per heavy atom. The molecule has 104 valence electrons. The molecular formula is C16H23NO2. The van der Waals surface area contributed by atoms with Gasteiger partial charge in [-0.05, 0) is 29.9 Å². The molecule has 0 radical (unpaired) electrons. The highest BCUT2D eigenvalue weighted by atomic mass is 16.5. The Bertz CT molecular complexity index is 405. The number of hydrogen-bond donors (Lipinski definition) is 1. The summed E-state index contributed by atoms with van der Waals surface area (Å²) in [6, 6.07) is 8.29. The predicted molar refractivity (Wildman–Crippen MR) is 76.2 cm³/mol. The Balaban J connectivity index is 1.77. The topological polar surface area (TPSA) is 38.3 Å². The second-order valence-electron chi connectivity index (χ2n) is 5.51. The number of carbonyl (C=O) groups excluding carboxylic acids is 1. The molecule has 1 aliphatic rings. The molecule has 0 aromatic heterocycles. The van der Waals surface area contributed by atoms with Gasteiger partial charge in [-0.25, -0.2) is 0 Å². The van der Waals surface area contributed by atoms with Gasteiger partial charge in [-0.2, -0.15) is 0 Å². The van der Waals surface area contributed by atoms with E-state index >= 15 is 0 Å². The van der Waals surface area contributed by atoms with Crippen LogP contribution in [0.1, 0.15) is 43.7 Å². The third-order valence-electron chi connectivity index (χ3n) is 3.56. The summed E-state index contributed by atoms with van der Waals surface area (Å²) in [6.07, 6.45) is 2.83. The van der Waals surface area contributed by atoms with Crippen LogP contribution >= 0.6 is 0 Å². The normalized spacial score (nSPS) is 18.8. The van der Waals surface area contributed by atoms with Crippen LogP contribution in [0.3, 0.4) is 0 Å². The average Bonchev–Trinajstić information content (AvgIpc) is 2.90. The molecular weight excluding hydrogens is 238 g/mol. The van der Waals surface area contributed by atoms with E-state index in [9.17, 15) is 4.79 Å². The molecule has 1 aromatic rings. The Labute approximate surface area is 115 Å². The third kappa shape index (κ3) is 4.35. The molecule has 1 atom stereocenters. The Hall–Kier alpha value is -1.35. The zero-order valence-corrected chi connectivity index (χ0v) is 11.8. The van der Waals surface area contributed by atoms with Gasteiger partial charge >= 0.3 is 0 Å². The van der Waals surface area contributed by atoms with Gasteiger partial charge in [0.15, 0.2) is 0 Å². The van der Waals surface area contributed by atoms with Crippen LogP contribution in [0, 0.1) is 0 Å². The van der Waals surface area contributed by atoms with Gasteiger partial charge < -0.3 is 10.1 Å². The fourth-order valence-corrected chi connectivity index (χ4v) is 2.30. The highest BCUT2D eigenvalue weighted by Gasteiger charge is 2.16. The van der Waals surface area contributed by atoms with Crippen molar-refractivity contribution in [3.8, 4) is 0 Å². The third-order valence-corrected chi connectivity index (χ3v) is 3.56. The zero-order chi connectivity index (χ0) is 13.7. The molecule has 0 spiro atoms. The summed E-state index contributed by atoms with van der Waals surface area (Å²) in [5, 5.41) is 2.95. The van der Waals surface area contributed by atoms with Gasteiger partial charge in [-0.3, -0.25) is 4.79 Å². The summed E-state index contributed by atoms with van der Waals surface area (Å²) < 4.78 is 5.48. The summed E-state index contributed by atoms with van der Waals surface area (Å²) in [4.78, 5) is 11.8. The van der Waals surface area contributed by atoms with E-state index in [0.29, 0.717) is 18.9 Å². The number of carbonyl (C=O) groups is 1. The highest BCUT2D eigenvalue weighted by Crippen LogP contribution is 2.15. The van der Waals surface area contributed by atoms with Crippen LogP contribution in [0.2, 0.25) is 0 Å². The maximum absolute atomic E-state index is 11.8. The van der Waals surface area contributed by atoms with E-state index in [-0.39, 0.29) is 12.0 Å². The Morgan fingerprint density at radius 2 is 2.11 bits per heavy atom. The van der Waals surface area contributed by atoms with Gasteiger partial charge in [0.05, 0.1) is 12.5 Å². The lowest BCUT2D eigenvalue weighted by Crippen LogP contribution is -2.32. The van der Waals surface area contributed by atoms with E-state index in [2.05, 4.69) is 31.3 Å². The monoisotopic (exact) mass is 261 g/mol. The number of benzene rings is 1. The van der Waals surface area contributed by atoms with Gasteiger partial charge in [0, 0.05) is 13.2 Å². The average molecular weight is 261 g/mol. The quantitative estimate of drug-likeness (QED) is 0.885. The number of nitrogens with one attached hydrogen (secondary N) is 1. The molecule has 1 fully saturated rings. The first-order chi connectivity index (χ1) is 9.15. The first-order valence-corrected chi connectivity index (χ1v) is 7.12. The molecule has 1 amide bonds. The SMILES string of the molecule is CC(C)c1ccc(CC(=O)NCC2CCCO2)cc1. The molecule has 3 nitrogen and oxygen atoms in total. The molecule has 1 saturated heterocycles. The smallest absolute Gasteiger partial charge is 0.224 e. The fourth-order valence-electron chi connectivity index (χ4n) is 2.30. The highest BCUT2D eigenvalue weighted by molar-refractivity contribution is 5.78. The minimum Gasteiger partial charge on any atom is -0.376 e. The Kier molecular flexibility index (Phi) is 4.97. The van der Waals surface area contributed by atoms with E-state index in [1.165, 1.54) is 5.56 Å². The van der Waals surface area contributed by atoms with Crippen molar-refractivity contribution in [1.29, 1.82) is 0 Å². The molecule has 1 aromatic carbocycles. The number of amides is 1. The summed E-state index contributed by atoms with van der Waals surface area (Å²) in [7, 11) is 0. The zero-order valence-electron chi connectivity index (χ0n) is 11.8. The van der Waals surface area contributed by atoms with Gasteiger partial charge in [0.25, 0.3) is 0 Å². The molecule has 0 aliphatic carbocycles. The molecule has 2 rings (SSSR count). The first kappa shape index (κ1) is 14.1. The molecule has 1 aliphatic heterocycles. The lowest BCUT2D eigenvalue weighted by atomic mass is 10.0. The van der Waals surface area contributed by atoms with Crippen LogP contribution in [0.5, 0.6) is 0 Å². The van der Waals surface area contributed by atoms with E-state index in [1.807, 2.05) is 12.1 Å². The Morgan fingerprint density at radius 1 is 1.37 bits per heavy atom. The molecule has 1 unspecified atom stereocenters. The van der Waals surface area contributed by atoms with Crippen molar-refractivity contribution < 1.29 is 9.53 Å².